The molecule has 1 amide bonds. The number of nitro benzene ring substituents is 1. The summed E-state index contributed by atoms with van der Waals surface area (Å²) in [7, 11) is 1.65. The number of allylic oxidation sites excluding steroid dienone is 3. The summed E-state index contributed by atoms with van der Waals surface area (Å²) in [6.45, 7) is 0. The van der Waals surface area contributed by atoms with E-state index in [1.165, 1.54) is 28.8 Å². The molecule has 1 saturated heterocycles. The van der Waals surface area contributed by atoms with Crippen LogP contribution < -0.4 is 4.90 Å². The number of likely N-dealkylation sites (N-methyl/N-ethyl adjacent to an activating group) is 1. The van der Waals surface area contributed by atoms with E-state index < -0.39 is 4.92 Å². The summed E-state index contributed by atoms with van der Waals surface area (Å²) >= 11 is 6.38. The van der Waals surface area contributed by atoms with E-state index in [0.717, 1.165) is 5.57 Å². The van der Waals surface area contributed by atoms with E-state index in [-0.39, 0.29) is 11.6 Å². The maximum absolute atomic E-state index is 12.1. The second kappa shape index (κ2) is 5.98. The number of anilines is 1. The van der Waals surface area contributed by atoms with Gasteiger partial charge in [-0.2, -0.15) is 0 Å². The molecule has 0 unspecified atom stereocenters. The average Bonchev–Trinajstić information content (AvgIpc) is 2.82. The quantitative estimate of drug-likeness (QED) is 0.355. The van der Waals surface area contributed by atoms with Crippen LogP contribution in [0.5, 0.6) is 0 Å². The predicted octanol–water partition coefficient (Wildman–Crippen LogP) is 3.19. The zero-order valence-corrected chi connectivity index (χ0v) is 13.6. The number of nitro groups is 1. The van der Waals surface area contributed by atoms with Crippen molar-refractivity contribution in [1.82, 2.24) is 4.90 Å². The summed E-state index contributed by atoms with van der Waals surface area (Å²) in [5.74, 6) is -0.118. The summed E-state index contributed by atoms with van der Waals surface area (Å²) in [6, 6.07) is 6.34. The monoisotopic (exact) mass is 345 g/mol. The second-order valence-electron chi connectivity index (χ2n) is 4.83. The van der Waals surface area contributed by atoms with Gasteiger partial charge in [0.05, 0.1) is 15.5 Å². The van der Waals surface area contributed by atoms with E-state index in [1.54, 1.807) is 48.6 Å². The Morgan fingerprint density at radius 2 is 1.96 bits per heavy atom. The van der Waals surface area contributed by atoms with Gasteiger partial charge in [-0.1, -0.05) is 30.0 Å². The number of amides is 1. The van der Waals surface area contributed by atoms with Crippen LogP contribution in [0.2, 0.25) is 0 Å². The Morgan fingerprint density at radius 1 is 1.26 bits per heavy atom. The molecular weight excluding hydrogens is 334 g/mol. The number of non-ortho nitro benzene ring substituents is 1. The molecule has 116 valence electrons. The first-order valence-electron chi connectivity index (χ1n) is 6.61. The smallest absolute Gasteiger partial charge is 0.271 e. The molecule has 0 spiro atoms. The zero-order valence-electron chi connectivity index (χ0n) is 12.0. The number of hydrogen-bond acceptors (Lipinski definition) is 6. The molecule has 0 aliphatic carbocycles. The molecule has 0 saturated carbocycles. The van der Waals surface area contributed by atoms with Gasteiger partial charge < -0.3 is 4.90 Å². The van der Waals surface area contributed by atoms with Crippen LogP contribution in [-0.2, 0) is 4.79 Å². The first kappa shape index (κ1) is 15.4. The molecule has 1 fully saturated rings. The third kappa shape index (κ3) is 2.90. The molecule has 1 aromatic rings. The first-order valence-corrected chi connectivity index (χ1v) is 7.83. The minimum Gasteiger partial charge on any atom is -0.324 e. The fraction of sp³-hybridized carbons (Fsp3) is 0.0667. The average molecular weight is 345 g/mol. The molecular formula is C15H11N3O3S2. The molecule has 3 rings (SSSR count). The van der Waals surface area contributed by atoms with Crippen LogP contribution in [0, 0.1) is 10.1 Å². The normalized spacial score (nSPS) is 17.4. The minimum atomic E-state index is -0.432. The van der Waals surface area contributed by atoms with Gasteiger partial charge in [0.1, 0.15) is 4.32 Å². The van der Waals surface area contributed by atoms with Crippen molar-refractivity contribution in [2.45, 2.75) is 0 Å². The van der Waals surface area contributed by atoms with Gasteiger partial charge in [0.15, 0.2) is 0 Å². The van der Waals surface area contributed by atoms with Gasteiger partial charge in [-0.3, -0.25) is 19.8 Å². The lowest BCUT2D eigenvalue weighted by Crippen LogP contribution is -2.22. The maximum atomic E-state index is 12.1. The molecule has 23 heavy (non-hydrogen) atoms. The minimum absolute atomic E-state index is 0.0296. The Labute approximate surface area is 141 Å². The van der Waals surface area contributed by atoms with Crippen LogP contribution in [-0.4, -0.2) is 27.1 Å². The van der Waals surface area contributed by atoms with Crippen molar-refractivity contribution in [3.8, 4) is 0 Å². The Balaban J connectivity index is 1.86. The summed E-state index contributed by atoms with van der Waals surface area (Å²) in [6.07, 6.45) is 7.11. The van der Waals surface area contributed by atoms with E-state index >= 15 is 0 Å². The SMILES string of the molecule is CN1C(=O)C(=C2C=CN(c3cccc([N+](=O)[O-])c3)C=C2)SC1=S. The summed E-state index contributed by atoms with van der Waals surface area (Å²) in [5.41, 5.74) is 1.48. The molecule has 8 heteroatoms. The Morgan fingerprint density at radius 3 is 2.52 bits per heavy atom. The van der Waals surface area contributed by atoms with Gasteiger partial charge in [0, 0.05) is 31.6 Å². The lowest BCUT2D eigenvalue weighted by atomic mass is 10.1. The topological polar surface area (TPSA) is 66.7 Å². The third-order valence-electron chi connectivity index (χ3n) is 3.39. The van der Waals surface area contributed by atoms with E-state index in [2.05, 4.69) is 0 Å². The summed E-state index contributed by atoms with van der Waals surface area (Å²) in [4.78, 5) is 26.3. The lowest BCUT2D eigenvalue weighted by Gasteiger charge is -2.19. The van der Waals surface area contributed by atoms with E-state index in [4.69, 9.17) is 12.2 Å². The molecule has 0 aromatic heterocycles. The second-order valence-corrected chi connectivity index (χ2v) is 6.48. The third-order valence-corrected chi connectivity index (χ3v) is 4.98. The maximum Gasteiger partial charge on any atom is 0.271 e. The van der Waals surface area contributed by atoms with Crippen LogP contribution in [0.1, 0.15) is 0 Å². The van der Waals surface area contributed by atoms with E-state index in [9.17, 15) is 14.9 Å². The number of nitrogens with zero attached hydrogens (tertiary/aromatic N) is 3. The van der Waals surface area contributed by atoms with Crippen molar-refractivity contribution in [3.63, 3.8) is 0 Å². The van der Waals surface area contributed by atoms with E-state index in [0.29, 0.717) is 14.9 Å². The highest BCUT2D eigenvalue weighted by Gasteiger charge is 2.30. The highest BCUT2D eigenvalue weighted by molar-refractivity contribution is 8.26. The molecule has 0 atom stereocenters. The number of hydrogen-bond donors (Lipinski definition) is 0. The first-order chi connectivity index (χ1) is 11.0. The van der Waals surface area contributed by atoms with Gasteiger partial charge in [-0.15, -0.1) is 0 Å². The number of thioether (sulfide) groups is 1. The zero-order chi connectivity index (χ0) is 16.6. The largest absolute Gasteiger partial charge is 0.324 e. The molecule has 2 aliphatic heterocycles. The molecule has 0 radical (unpaired) electrons. The Hall–Kier alpha value is -2.45. The van der Waals surface area contributed by atoms with Crippen molar-refractivity contribution in [3.05, 3.63) is 69.4 Å². The molecule has 0 N–H and O–H groups in total. The van der Waals surface area contributed by atoms with E-state index in [1.807, 2.05) is 0 Å². The Kier molecular flexibility index (Phi) is 4.01. The number of thiocarbonyl (C=S) groups is 1. The van der Waals surface area contributed by atoms with Gasteiger partial charge in [0.2, 0.25) is 0 Å². The molecule has 1 aromatic carbocycles. The molecule has 2 aliphatic rings. The highest BCUT2D eigenvalue weighted by atomic mass is 32.2. The molecule has 0 bridgehead atoms. The number of carbonyl (C=O) groups excluding carboxylic acids is 1. The van der Waals surface area contributed by atoms with Crippen molar-refractivity contribution < 1.29 is 9.72 Å². The van der Waals surface area contributed by atoms with Crippen LogP contribution in [0.15, 0.2) is 59.3 Å². The number of carbonyl (C=O) groups is 1. The van der Waals surface area contributed by atoms with Crippen LogP contribution >= 0.6 is 24.0 Å². The summed E-state index contributed by atoms with van der Waals surface area (Å²) in [5, 5.41) is 10.8. The molecule has 6 nitrogen and oxygen atoms in total. The van der Waals surface area contributed by atoms with Gasteiger partial charge in [0.25, 0.3) is 11.6 Å². The fourth-order valence-corrected chi connectivity index (χ4v) is 3.34. The molecule has 2 heterocycles. The van der Waals surface area contributed by atoms with Crippen molar-refractivity contribution in [2.24, 2.45) is 0 Å². The highest BCUT2D eigenvalue weighted by Crippen LogP contribution is 2.34. The number of benzene rings is 1. The van der Waals surface area contributed by atoms with Crippen LogP contribution in [0.25, 0.3) is 0 Å². The number of rotatable bonds is 2. The van der Waals surface area contributed by atoms with Gasteiger partial charge in [-0.05, 0) is 23.8 Å². The Bertz CT molecular complexity index is 798. The van der Waals surface area contributed by atoms with Crippen molar-refractivity contribution >= 4 is 45.6 Å². The van der Waals surface area contributed by atoms with Crippen LogP contribution in [0.4, 0.5) is 11.4 Å². The fourth-order valence-electron chi connectivity index (χ4n) is 2.13. The summed E-state index contributed by atoms with van der Waals surface area (Å²) < 4.78 is 0.528. The van der Waals surface area contributed by atoms with Crippen molar-refractivity contribution in [2.75, 3.05) is 11.9 Å². The lowest BCUT2D eigenvalue weighted by molar-refractivity contribution is -0.384. The van der Waals surface area contributed by atoms with Gasteiger partial charge >= 0.3 is 0 Å². The van der Waals surface area contributed by atoms with Crippen LogP contribution in [0.3, 0.4) is 0 Å². The standard InChI is InChI=1S/C15H11N3O3S2/c1-16-14(19)13(23-15(16)22)10-5-7-17(8-6-10)11-3-2-4-12(9-11)18(20)21/h2-9H,1H3. The predicted molar refractivity (Wildman–Crippen MR) is 93.8 cm³/mol. The van der Waals surface area contributed by atoms with Gasteiger partial charge in [-0.25, -0.2) is 0 Å². The van der Waals surface area contributed by atoms with Crippen molar-refractivity contribution in [1.29, 1.82) is 0 Å².